The molecule has 206 valence electrons. The predicted octanol–water partition coefficient (Wildman–Crippen LogP) is 8.17. The number of anilines is 1. The number of ether oxygens (including phenoxy) is 1. The molecular weight excluding hydrogens is 494 g/mol. The molecule has 6 heteroatoms. The van der Waals surface area contributed by atoms with Crippen molar-refractivity contribution < 1.29 is 4.74 Å². The third kappa shape index (κ3) is 7.40. The van der Waals surface area contributed by atoms with Gasteiger partial charge in [0, 0.05) is 30.1 Å². The van der Waals surface area contributed by atoms with E-state index >= 15 is 0 Å². The molecule has 1 aliphatic carbocycles. The Bertz CT molecular complexity index is 1390. The molecule has 2 aliphatic rings. The first-order chi connectivity index (χ1) is 19.1. The Morgan fingerprint density at radius 1 is 0.950 bits per heavy atom. The largest absolute Gasteiger partial charge is 0.480 e. The average Bonchev–Trinajstić information content (AvgIpc) is 3.16. The molecule has 0 fully saturated rings. The van der Waals surface area contributed by atoms with Crippen molar-refractivity contribution in [2.24, 2.45) is 10.4 Å². The second-order valence-corrected chi connectivity index (χ2v) is 11.5. The van der Waals surface area contributed by atoms with E-state index in [4.69, 9.17) is 9.73 Å². The highest BCUT2D eigenvalue weighted by atomic mass is 16.5. The minimum atomic E-state index is -0.824. The third-order valence-electron chi connectivity index (χ3n) is 6.92. The Labute approximate surface area is 239 Å². The van der Waals surface area contributed by atoms with E-state index < -0.39 is 5.60 Å². The van der Waals surface area contributed by atoms with Gasteiger partial charge in [0.15, 0.2) is 11.3 Å². The highest BCUT2D eigenvalue weighted by Crippen LogP contribution is 2.40. The fourth-order valence-corrected chi connectivity index (χ4v) is 5.23. The topological polar surface area (TPSA) is 96.2 Å². The molecule has 40 heavy (non-hydrogen) atoms. The molecular formula is C34H39N5O. The molecule has 1 aliphatic heterocycles. The summed E-state index contributed by atoms with van der Waals surface area (Å²) < 4.78 is 5.83. The van der Waals surface area contributed by atoms with Crippen molar-refractivity contribution in [3.63, 3.8) is 0 Å². The van der Waals surface area contributed by atoms with Crippen LogP contribution < -0.4 is 4.90 Å². The van der Waals surface area contributed by atoms with Gasteiger partial charge in [-0.1, -0.05) is 52.0 Å². The highest BCUT2D eigenvalue weighted by Gasteiger charge is 2.38. The summed E-state index contributed by atoms with van der Waals surface area (Å²) in [6.07, 6.45) is 14.0. The van der Waals surface area contributed by atoms with Crippen LogP contribution in [0, 0.1) is 39.4 Å². The number of rotatable bonds is 9. The zero-order chi connectivity index (χ0) is 29.3. The predicted molar refractivity (Wildman–Crippen MR) is 162 cm³/mol. The molecule has 0 amide bonds. The fourth-order valence-electron chi connectivity index (χ4n) is 5.23. The zero-order valence-electron chi connectivity index (χ0n) is 24.6. The quantitative estimate of drug-likeness (QED) is 0.235. The van der Waals surface area contributed by atoms with Crippen molar-refractivity contribution in [2.45, 2.75) is 72.8 Å². The van der Waals surface area contributed by atoms with Crippen LogP contribution in [0.3, 0.4) is 0 Å². The number of nitriles is 3. The third-order valence-corrected chi connectivity index (χ3v) is 6.92. The first-order valence-corrected chi connectivity index (χ1v) is 13.9. The van der Waals surface area contributed by atoms with Crippen molar-refractivity contribution in [3.8, 4) is 18.2 Å². The Morgan fingerprint density at radius 3 is 2.15 bits per heavy atom. The molecule has 0 radical (unpaired) electrons. The highest BCUT2D eigenvalue weighted by molar-refractivity contribution is 5.99. The first-order valence-electron chi connectivity index (χ1n) is 13.9. The molecule has 6 nitrogen and oxygen atoms in total. The van der Waals surface area contributed by atoms with Gasteiger partial charge in [-0.05, 0) is 80.9 Å². The summed E-state index contributed by atoms with van der Waals surface area (Å²) in [5.41, 5.74) is 4.36. The van der Waals surface area contributed by atoms with Crippen LogP contribution in [0.1, 0.15) is 67.2 Å². The molecule has 0 bridgehead atoms. The van der Waals surface area contributed by atoms with Gasteiger partial charge in [0.2, 0.25) is 0 Å². The van der Waals surface area contributed by atoms with Crippen LogP contribution in [-0.4, -0.2) is 24.4 Å². The lowest BCUT2D eigenvalue weighted by Gasteiger charge is -2.29. The summed E-state index contributed by atoms with van der Waals surface area (Å²) in [5, 5.41) is 28.2. The van der Waals surface area contributed by atoms with Crippen LogP contribution in [0.2, 0.25) is 0 Å². The van der Waals surface area contributed by atoms with Gasteiger partial charge >= 0.3 is 0 Å². The summed E-state index contributed by atoms with van der Waals surface area (Å²) in [6.45, 7) is 14.7. The van der Waals surface area contributed by atoms with E-state index in [-0.39, 0.29) is 22.3 Å². The maximum absolute atomic E-state index is 9.72. The van der Waals surface area contributed by atoms with Gasteiger partial charge in [0.25, 0.3) is 0 Å². The molecule has 0 spiro atoms. The van der Waals surface area contributed by atoms with Crippen LogP contribution in [0.4, 0.5) is 11.4 Å². The van der Waals surface area contributed by atoms with Gasteiger partial charge in [-0.2, -0.15) is 15.8 Å². The monoisotopic (exact) mass is 533 g/mol. The van der Waals surface area contributed by atoms with Gasteiger partial charge in [0.1, 0.15) is 29.4 Å². The maximum Gasteiger partial charge on any atom is 0.172 e. The number of benzene rings is 1. The second-order valence-electron chi connectivity index (χ2n) is 11.5. The number of nitrogens with zero attached hydrogens (tertiary/aromatic N) is 5. The summed E-state index contributed by atoms with van der Waals surface area (Å²) in [6, 6.07) is 14.3. The van der Waals surface area contributed by atoms with Gasteiger partial charge < -0.3 is 9.64 Å². The van der Waals surface area contributed by atoms with Gasteiger partial charge in [-0.15, -0.1) is 0 Å². The molecule has 1 aromatic carbocycles. The SMILES string of the molecule is CCCN(CCC)c1ccc(N=C2C=C(/C=C/C=C/C3=C(C#N)C(=C(C#N)C#N)OC3(C)C)CC(C)(C)C2)cc1. The van der Waals surface area contributed by atoms with E-state index in [0.717, 1.165) is 50.2 Å². The van der Waals surface area contributed by atoms with Crippen LogP contribution in [0.5, 0.6) is 0 Å². The molecule has 0 unspecified atom stereocenters. The van der Waals surface area contributed by atoms with Crippen molar-refractivity contribution in [1.29, 1.82) is 15.8 Å². The Balaban J connectivity index is 1.84. The van der Waals surface area contributed by atoms with E-state index in [1.165, 1.54) is 11.3 Å². The number of aliphatic imine (C=N–C) groups is 1. The van der Waals surface area contributed by atoms with E-state index in [1.807, 2.05) is 44.2 Å². The summed E-state index contributed by atoms with van der Waals surface area (Å²) in [4.78, 5) is 7.41. The van der Waals surface area contributed by atoms with Crippen molar-refractivity contribution in [1.82, 2.24) is 0 Å². The minimum Gasteiger partial charge on any atom is -0.480 e. The minimum absolute atomic E-state index is 0.0511. The molecule has 0 aromatic heterocycles. The maximum atomic E-state index is 9.72. The summed E-state index contributed by atoms with van der Waals surface area (Å²) >= 11 is 0. The lowest BCUT2D eigenvalue weighted by atomic mass is 9.76. The van der Waals surface area contributed by atoms with Crippen molar-refractivity contribution in [2.75, 3.05) is 18.0 Å². The van der Waals surface area contributed by atoms with E-state index in [9.17, 15) is 15.8 Å². The van der Waals surface area contributed by atoms with Crippen LogP contribution in [-0.2, 0) is 4.74 Å². The van der Waals surface area contributed by atoms with Crippen molar-refractivity contribution >= 4 is 17.1 Å². The number of hydrogen-bond donors (Lipinski definition) is 0. The van der Waals surface area contributed by atoms with E-state index in [2.05, 4.69) is 75.1 Å². The smallest absolute Gasteiger partial charge is 0.172 e. The zero-order valence-corrected chi connectivity index (χ0v) is 24.6. The molecule has 3 rings (SSSR count). The van der Waals surface area contributed by atoms with Gasteiger partial charge in [-0.3, -0.25) is 4.99 Å². The average molecular weight is 534 g/mol. The molecule has 0 atom stereocenters. The van der Waals surface area contributed by atoms with E-state index in [1.54, 1.807) is 0 Å². The Morgan fingerprint density at radius 2 is 1.57 bits per heavy atom. The van der Waals surface area contributed by atoms with Crippen LogP contribution in [0.25, 0.3) is 0 Å². The lowest BCUT2D eigenvalue weighted by molar-refractivity contribution is 0.0954. The fraction of sp³-hybridized carbons (Fsp3) is 0.412. The van der Waals surface area contributed by atoms with Crippen LogP contribution >= 0.6 is 0 Å². The van der Waals surface area contributed by atoms with Crippen LogP contribution in [0.15, 0.2) is 87.7 Å². The normalized spacial score (nSPS) is 18.8. The number of allylic oxidation sites excluding steroid dienone is 7. The Kier molecular flexibility index (Phi) is 9.93. The van der Waals surface area contributed by atoms with Crippen molar-refractivity contribution in [3.05, 3.63) is 82.7 Å². The molecule has 0 saturated carbocycles. The molecule has 0 N–H and O–H groups in total. The molecule has 0 saturated heterocycles. The lowest BCUT2D eigenvalue weighted by Crippen LogP contribution is -2.24. The van der Waals surface area contributed by atoms with Gasteiger partial charge in [-0.25, -0.2) is 0 Å². The first kappa shape index (κ1) is 30.2. The Hall–Kier alpha value is -4.34. The molecule has 1 heterocycles. The summed E-state index contributed by atoms with van der Waals surface area (Å²) in [7, 11) is 0. The standard InChI is InChI=1S/C34H39N5O/c1-7-17-39(18-8-2)29-15-13-27(14-16-29)38-28-19-25(20-33(3,4)21-28)11-9-10-12-31-30(24-37)32(26(22-35)23-36)40-34(31,5)6/h9-16,19H,7-8,17-18,20-21H2,1-6H3/b11-9+,12-10+,38-28?. The second kappa shape index (κ2) is 13.1. The van der Waals surface area contributed by atoms with E-state index in [0.29, 0.717) is 5.57 Å². The van der Waals surface area contributed by atoms with Gasteiger partial charge in [0.05, 0.1) is 5.69 Å². The number of hydrogen-bond acceptors (Lipinski definition) is 6. The summed E-state index contributed by atoms with van der Waals surface area (Å²) in [5.74, 6) is 0.0511. The molecule has 1 aromatic rings.